The highest BCUT2D eigenvalue weighted by Gasteiger charge is 2.38. The van der Waals surface area contributed by atoms with Crippen LogP contribution in [0.1, 0.15) is 69.1 Å². The smallest absolute Gasteiger partial charge is 0.227 e. The molecule has 2 aromatic heterocycles. The molecule has 0 aromatic carbocycles. The van der Waals surface area contributed by atoms with Gasteiger partial charge in [0, 0.05) is 52.1 Å². The van der Waals surface area contributed by atoms with Crippen molar-refractivity contribution in [2.75, 3.05) is 31.1 Å². The number of carbonyl (C=O) groups is 2. The van der Waals surface area contributed by atoms with Crippen molar-refractivity contribution in [3.8, 4) is 6.07 Å². The van der Waals surface area contributed by atoms with E-state index in [0.717, 1.165) is 38.5 Å². The first-order valence-electron chi connectivity index (χ1n) is 12.0. The molecule has 2 amide bonds. The van der Waals surface area contributed by atoms with Crippen LogP contribution in [-0.4, -0.2) is 58.0 Å². The average molecular weight is 466 g/mol. The number of hydrogen-bond acceptors (Lipinski definition) is 8. The van der Waals surface area contributed by atoms with Crippen molar-refractivity contribution < 1.29 is 14.1 Å². The molecule has 34 heavy (non-hydrogen) atoms. The van der Waals surface area contributed by atoms with Crippen LogP contribution < -0.4 is 10.2 Å². The van der Waals surface area contributed by atoms with Gasteiger partial charge in [-0.1, -0.05) is 30.8 Å². The highest BCUT2D eigenvalue weighted by Crippen LogP contribution is 2.34. The van der Waals surface area contributed by atoms with Crippen LogP contribution in [0.25, 0.3) is 0 Å². The Labute approximate surface area is 199 Å². The lowest BCUT2D eigenvalue weighted by Crippen LogP contribution is -2.49. The monoisotopic (exact) mass is 465 g/mol. The summed E-state index contributed by atoms with van der Waals surface area (Å²) in [5, 5.41) is 16.6. The third-order valence-electron chi connectivity index (χ3n) is 6.66. The Kier molecular flexibility index (Phi) is 7.40. The molecule has 1 aliphatic heterocycles. The van der Waals surface area contributed by atoms with Crippen molar-refractivity contribution in [2.24, 2.45) is 0 Å². The topological polar surface area (TPSA) is 128 Å². The summed E-state index contributed by atoms with van der Waals surface area (Å²) in [5.41, 5.74) is -0.0433. The molecule has 0 bridgehead atoms. The number of aryl methyl sites for hydroxylation is 1. The second-order valence-corrected chi connectivity index (χ2v) is 9.04. The molecular weight excluding hydrogens is 434 g/mol. The van der Waals surface area contributed by atoms with Gasteiger partial charge in [-0.3, -0.25) is 9.59 Å². The number of piperazine rings is 1. The Morgan fingerprint density at radius 1 is 1.18 bits per heavy atom. The zero-order valence-corrected chi connectivity index (χ0v) is 19.6. The molecule has 10 nitrogen and oxygen atoms in total. The SMILES string of the molecule is CC(=O)NC1(c2noc(CCC(=O)N3CCN(c4ncccc4C#N)CC3)n2)CCCCCC1. The van der Waals surface area contributed by atoms with Gasteiger partial charge in [-0.15, -0.1) is 0 Å². The molecule has 2 aliphatic rings. The fourth-order valence-electron chi connectivity index (χ4n) is 4.90. The van der Waals surface area contributed by atoms with Crippen LogP contribution in [-0.2, 0) is 21.5 Å². The number of aromatic nitrogens is 3. The van der Waals surface area contributed by atoms with Crippen LogP contribution in [0.3, 0.4) is 0 Å². The first-order chi connectivity index (χ1) is 16.5. The lowest BCUT2D eigenvalue weighted by Gasteiger charge is -2.35. The number of pyridine rings is 1. The maximum atomic E-state index is 12.8. The summed E-state index contributed by atoms with van der Waals surface area (Å²) in [4.78, 5) is 37.5. The number of rotatable bonds is 6. The van der Waals surface area contributed by atoms with Gasteiger partial charge in [0.2, 0.25) is 17.7 Å². The molecule has 0 spiro atoms. The molecule has 1 saturated carbocycles. The van der Waals surface area contributed by atoms with Crippen molar-refractivity contribution in [3.63, 3.8) is 0 Å². The van der Waals surface area contributed by atoms with Gasteiger partial charge < -0.3 is 19.6 Å². The quantitative estimate of drug-likeness (QED) is 0.644. The fourth-order valence-corrected chi connectivity index (χ4v) is 4.90. The Bertz CT molecular complexity index is 1040. The number of nitriles is 1. The average Bonchev–Trinajstić information content (AvgIpc) is 3.22. The van der Waals surface area contributed by atoms with E-state index in [1.165, 1.54) is 6.92 Å². The minimum atomic E-state index is -0.585. The predicted octanol–water partition coefficient (Wildman–Crippen LogP) is 2.30. The van der Waals surface area contributed by atoms with Crippen LogP contribution in [0.5, 0.6) is 0 Å². The van der Waals surface area contributed by atoms with Crippen molar-refractivity contribution in [2.45, 2.75) is 63.8 Å². The summed E-state index contributed by atoms with van der Waals surface area (Å²) in [6.45, 7) is 3.91. The van der Waals surface area contributed by atoms with Gasteiger partial charge in [0.05, 0.1) is 5.56 Å². The first kappa shape index (κ1) is 23.7. The van der Waals surface area contributed by atoms with Crippen LogP contribution in [0.4, 0.5) is 5.82 Å². The second kappa shape index (κ2) is 10.6. The largest absolute Gasteiger partial charge is 0.352 e. The van der Waals surface area contributed by atoms with Gasteiger partial charge in [0.25, 0.3) is 0 Å². The van der Waals surface area contributed by atoms with Crippen LogP contribution >= 0.6 is 0 Å². The summed E-state index contributed by atoms with van der Waals surface area (Å²) in [7, 11) is 0. The van der Waals surface area contributed by atoms with Gasteiger partial charge in [-0.2, -0.15) is 10.2 Å². The van der Waals surface area contributed by atoms with E-state index in [0.29, 0.717) is 55.7 Å². The molecule has 2 aromatic rings. The lowest BCUT2D eigenvalue weighted by atomic mass is 9.89. The third kappa shape index (κ3) is 5.35. The number of nitrogens with one attached hydrogen (secondary N) is 1. The molecule has 1 aliphatic carbocycles. The van der Waals surface area contributed by atoms with E-state index in [1.807, 2.05) is 9.80 Å². The Morgan fingerprint density at radius 3 is 2.59 bits per heavy atom. The molecule has 0 atom stereocenters. The molecule has 0 radical (unpaired) electrons. The third-order valence-corrected chi connectivity index (χ3v) is 6.66. The van der Waals surface area contributed by atoms with Gasteiger partial charge >= 0.3 is 0 Å². The maximum absolute atomic E-state index is 12.8. The summed E-state index contributed by atoms with van der Waals surface area (Å²) < 4.78 is 5.47. The Balaban J connectivity index is 1.33. The number of amides is 2. The normalized spacial score (nSPS) is 18.1. The highest BCUT2D eigenvalue weighted by molar-refractivity contribution is 5.76. The predicted molar refractivity (Wildman–Crippen MR) is 124 cm³/mol. The second-order valence-electron chi connectivity index (χ2n) is 9.04. The molecule has 3 heterocycles. The molecule has 1 N–H and O–H groups in total. The molecule has 10 heteroatoms. The number of anilines is 1. The van der Waals surface area contributed by atoms with Crippen molar-refractivity contribution in [3.05, 3.63) is 35.6 Å². The zero-order chi connectivity index (χ0) is 24.0. The first-order valence-corrected chi connectivity index (χ1v) is 12.0. The summed E-state index contributed by atoms with van der Waals surface area (Å²) in [5.74, 6) is 1.54. The van der Waals surface area contributed by atoms with E-state index in [4.69, 9.17) is 4.52 Å². The van der Waals surface area contributed by atoms with Crippen molar-refractivity contribution >= 4 is 17.6 Å². The summed E-state index contributed by atoms with van der Waals surface area (Å²) in [6, 6.07) is 5.68. The minimum absolute atomic E-state index is 0.0342. The Hall–Kier alpha value is -3.48. The van der Waals surface area contributed by atoms with Gasteiger partial charge in [-0.05, 0) is 25.0 Å². The highest BCUT2D eigenvalue weighted by atomic mass is 16.5. The number of hydrogen-bond donors (Lipinski definition) is 1. The molecular formula is C24H31N7O3. The van der Waals surface area contributed by atoms with Crippen LogP contribution in [0.15, 0.2) is 22.9 Å². The van der Waals surface area contributed by atoms with E-state index < -0.39 is 5.54 Å². The van der Waals surface area contributed by atoms with E-state index in [1.54, 1.807) is 18.3 Å². The number of nitrogens with zero attached hydrogens (tertiary/aromatic N) is 6. The van der Waals surface area contributed by atoms with E-state index in [9.17, 15) is 14.9 Å². The van der Waals surface area contributed by atoms with Gasteiger partial charge in [-0.25, -0.2) is 4.98 Å². The molecule has 4 rings (SSSR count). The van der Waals surface area contributed by atoms with E-state index >= 15 is 0 Å². The summed E-state index contributed by atoms with van der Waals surface area (Å²) in [6.07, 6.45) is 8.17. The zero-order valence-electron chi connectivity index (χ0n) is 19.6. The molecule has 180 valence electrons. The standard InChI is InChI=1S/C24H31N7O3/c1-18(32)28-24(10-4-2-3-5-11-24)23-27-20(34-29-23)8-9-21(33)30-13-15-31(16-14-30)22-19(17-25)7-6-12-26-22/h6-7,12H,2-5,8-11,13-16H2,1H3,(H,28,32). The van der Waals surface area contributed by atoms with Crippen LogP contribution in [0.2, 0.25) is 0 Å². The van der Waals surface area contributed by atoms with Gasteiger partial charge in [0.15, 0.2) is 5.82 Å². The van der Waals surface area contributed by atoms with Crippen molar-refractivity contribution in [1.29, 1.82) is 5.26 Å². The maximum Gasteiger partial charge on any atom is 0.227 e. The van der Waals surface area contributed by atoms with Crippen molar-refractivity contribution in [1.82, 2.24) is 25.3 Å². The fraction of sp³-hybridized carbons (Fsp3) is 0.583. The van der Waals surface area contributed by atoms with Gasteiger partial charge in [0.1, 0.15) is 17.4 Å². The lowest BCUT2D eigenvalue weighted by molar-refractivity contribution is -0.131. The molecule has 2 fully saturated rings. The van der Waals surface area contributed by atoms with E-state index in [2.05, 4.69) is 26.5 Å². The molecule has 1 saturated heterocycles. The minimum Gasteiger partial charge on any atom is -0.352 e. The number of carbonyl (C=O) groups excluding carboxylic acids is 2. The van der Waals surface area contributed by atoms with Crippen LogP contribution in [0, 0.1) is 11.3 Å². The Morgan fingerprint density at radius 2 is 1.91 bits per heavy atom. The molecule has 0 unspecified atom stereocenters. The summed E-state index contributed by atoms with van der Waals surface area (Å²) >= 11 is 0. The van der Waals surface area contributed by atoms with E-state index in [-0.39, 0.29) is 18.2 Å².